The number of nitrogens with one attached hydrogen (secondary N) is 1. The van der Waals surface area contributed by atoms with Crippen LogP contribution in [-0.2, 0) is 4.79 Å². The number of allylic oxidation sites excluding steroid dienone is 1. The van der Waals surface area contributed by atoms with Gasteiger partial charge < -0.3 is 10.1 Å². The fourth-order valence-electron chi connectivity index (χ4n) is 1.89. The SMILES string of the molecule is C/C=C/C(=O)NC1CCOc2ccc(Cl)cc21. The Bertz CT molecular complexity index is 457. The first-order valence-corrected chi connectivity index (χ1v) is 5.94. The van der Waals surface area contributed by atoms with Gasteiger partial charge >= 0.3 is 0 Å². The number of rotatable bonds is 2. The van der Waals surface area contributed by atoms with Crippen LogP contribution in [0.4, 0.5) is 0 Å². The molecule has 0 spiro atoms. The zero-order chi connectivity index (χ0) is 12.3. The Morgan fingerprint density at radius 1 is 1.59 bits per heavy atom. The summed E-state index contributed by atoms with van der Waals surface area (Å²) in [5.74, 6) is 0.705. The fourth-order valence-corrected chi connectivity index (χ4v) is 2.07. The molecule has 0 aliphatic carbocycles. The highest BCUT2D eigenvalue weighted by Crippen LogP contribution is 2.33. The van der Waals surface area contributed by atoms with Gasteiger partial charge in [-0.25, -0.2) is 0 Å². The summed E-state index contributed by atoms with van der Waals surface area (Å²) in [5, 5.41) is 3.59. The molecule has 1 aromatic carbocycles. The van der Waals surface area contributed by atoms with Crippen LogP contribution in [0.25, 0.3) is 0 Å². The first-order chi connectivity index (χ1) is 8.20. The van der Waals surface area contributed by atoms with Crippen molar-refractivity contribution in [2.75, 3.05) is 6.61 Å². The van der Waals surface area contributed by atoms with E-state index in [0.29, 0.717) is 11.6 Å². The third-order valence-electron chi connectivity index (χ3n) is 2.65. The van der Waals surface area contributed by atoms with Crippen LogP contribution in [0, 0.1) is 0 Å². The maximum atomic E-state index is 11.5. The maximum Gasteiger partial charge on any atom is 0.244 e. The lowest BCUT2D eigenvalue weighted by Crippen LogP contribution is -2.30. The Labute approximate surface area is 105 Å². The third-order valence-corrected chi connectivity index (χ3v) is 2.88. The molecule has 0 saturated carbocycles. The summed E-state index contributed by atoms with van der Waals surface area (Å²) >= 11 is 5.96. The lowest BCUT2D eigenvalue weighted by atomic mass is 10.0. The van der Waals surface area contributed by atoms with Gasteiger partial charge in [-0.1, -0.05) is 17.7 Å². The molecule has 0 fully saturated rings. The van der Waals surface area contributed by atoms with Gasteiger partial charge in [-0.05, 0) is 31.2 Å². The molecule has 0 saturated heterocycles. The molecule has 3 nitrogen and oxygen atoms in total. The number of hydrogen-bond acceptors (Lipinski definition) is 2. The third kappa shape index (κ3) is 2.80. The molecular weight excluding hydrogens is 238 g/mol. The fraction of sp³-hybridized carbons (Fsp3) is 0.308. The van der Waals surface area contributed by atoms with Crippen LogP contribution in [0.15, 0.2) is 30.4 Å². The van der Waals surface area contributed by atoms with Crippen LogP contribution < -0.4 is 10.1 Å². The van der Waals surface area contributed by atoms with E-state index in [-0.39, 0.29) is 11.9 Å². The molecule has 90 valence electrons. The van der Waals surface area contributed by atoms with Crippen molar-refractivity contribution in [3.05, 3.63) is 40.9 Å². The van der Waals surface area contributed by atoms with Crippen molar-refractivity contribution in [1.82, 2.24) is 5.32 Å². The van der Waals surface area contributed by atoms with E-state index >= 15 is 0 Å². The molecule has 4 heteroatoms. The molecule has 1 atom stereocenters. The molecule has 1 amide bonds. The smallest absolute Gasteiger partial charge is 0.244 e. The Kier molecular flexibility index (Phi) is 3.69. The van der Waals surface area contributed by atoms with Gasteiger partial charge in [-0.15, -0.1) is 0 Å². The molecule has 1 heterocycles. The Morgan fingerprint density at radius 3 is 3.18 bits per heavy atom. The van der Waals surface area contributed by atoms with E-state index in [0.717, 1.165) is 17.7 Å². The molecule has 1 aliphatic heterocycles. The van der Waals surface area contributed by atoms with Crippen LogP contribution in [-0.4, -0.2) is 12.5 Å². The molecule has 0 bridgehead atoms. The van der Waals surface area contributed by atoms with E-state index in [1.807, 2.05) is 19.1 Å². The van der Waals surface area contributed by atoms with Gasteiger partial charge in [-0.3, -0.25) is 4.79 Å². The summed E-state index contributed by atoms with van der Waals surface area (Å²) in [6.45, 7) is 2.42. The van der Waals surface area contributed by atoms with Crippen molar-refractivity contribution in [2.24, 2.45) is 0 Å². The average Bonchev–Trinajstić information content (AvgIpc) is 2.30. The second-order valence-electron chi connectivity index (χ2n) is 3.88. The molecule has 1 aliphatic rings. The van der Waals surface area contributed by atoms with Crippen molar-refractivity contribution in [3.8, 4) is 5.75 Å². The van der Waals surface area contributed by atoms with Crippen molar-refractivity contribution in [1.29, 1.82) is 0 Å². The predicted octanol–water partition coefficient (Wildman–Crippen LogP) is 2.86. The van der Waals surface area contributed by atoms with Gasteiger partial charge in [-0.2, -0.15) is 0 Å². The molecular formula is C13H14ClNO2. The second kappa shape index (κ2) is 5.23. The number of amides is 1. The summed E-state index contributed by atoms with van der Waals surface area (Å²) in [6, 6.07) is 5.44. The van der Waals surface area contributed by atoms with Crippen molar-refractivity contribution in [2.45, 2.75) is 19.4 Å². The molecule has 0 radical (unpaired) electrons. The number of ether oxygens (including phenoxy) is 1. The molecule has 1 unspecified atom stereocenters. The number of fused-ring (bicyclic) bond motifs is 1. The standard InChI is InChI=1S/C13H14ClNO2/c1-2-3-13(16)15-11-6-7-17-12-5-4-9(14)8-10(11)12/h2-5,8,11H,6-7H2,1H3,(H,15,16)/b3-2+. The molecule has 17 heavy (non-hydrogen) atoms. The van der Waals surface area contributed by atoms with Crippen LogP contribution in [0.2, 0.25) is 5.02 Å². The zero-order valence-electron chi connectivity index (χ0n) is 9.57. The van der Waals surface area contributed by atoms with Gasteiger partial charge in [0.05, 0.1) is 12.6 Å². The van der Waals surface area contributed by atoms with Crippen molar-refractivity contribution in [3.63, 3.8) is 0 Å². The first-order valence-electron chi connectivity index (χ1n) is 5.56. The summed E-state index contributed by atoms with van der Waals surface area (Å²) in [4.78, 5) is 11.5. The number of benzene rings is 1. The minimum absolute atomic E-state index is 0.0267. The van der Waals surface area contributed by atoms with Gasteiger partial charge in [0.15, 0.2) is 0 Å². The van der Waals surface area contributed by atoms with Gasteiger partial charge in [0.2, 0.25) is 5.91 Å². The van der Waals surface area contributed by atoms with E-state index in [4.69, 9.17) is 16.3 Å². The summed E-state index contributed by atoms with van der Waals surface area (Å²) in [5.41, 5.74) is 0.946. The zero-order valence-corrected chi connectivity index (χ0v) is 10.3. The van der Waals surface area contributed by atoms with E-state index in [1.165, 1.54) is 6.08 Å². The minimum Gasteiger partial charge on any atom is -0.493 e. The largest absolute Gasteiger partial charge is 0.493 e. The van der Waals surface area contributed by atoms with E-state index in [1.54, 1.807) is 12.1 Å². The van der Waals surface area contributed by atoms with E-state index in [2.05, 4.69) is 5.32 Å². The summed E-state index contributed by atoms with van der Waals surface area (Å²) < 4.78 is 5.52. The highest BCUT2D eigenvalue weighted by Gasteiger charge is 2.22. The molecule has 1 aromatic rings. The van der Waals surface area contributed by atoms with E-state index < -0.39 is 0 Å². The number of carbonyl (C=O) groups excluding carboxylic acids is 1. The Morgan fingerprint density at radius 2 is 2.41 bits per heavy atom. The summed E-state index contributed by atoms with van der Waals surface area (Å²) in [6.07, 6.45) is 3.99. The number of hydrogen-bond donors (Lipinski definition) is 1. The summed E-state index contributed by atoms with van der Waals surface area (Å²) in [7, 11) is 0. The average molecular weight is 252 g/mol. The Hall–Kier alpha value is -1.48. The normalized spacial score (nSPS) is 18.6. The predicted molar refractivity (Wildman–Crippen MR) is 67.3 cm³/mol. The molecule has 0 aromatic heterocycles. The molecule has 2 rings (SSSR count). The minimum atomic E-state index is -0.0923. The van der Waals surface area contributed by atoms with Crippen LogP contribution in [0.5, 0.6) is 5.75 Å². The van der Waals surface area contributed by atoms with Crippen LogP contribution >= 0.6 is 11.6 Å². The highest BCUT2D eigenvalue weighted by molar-refractivity contribution is 6.30. The number of halogens is 1. The topological polar surface area (TPSA) is 38.3 Å². The Balaban J connectivity index is 2.22. The van der Waals surface area contributed by atoms with Crippen molar-refractivity contribution >= 4 is 17.5 Å². The van der Waals surface area contributed by atoms with Crippen molar-refractivity contribution < 1.29 is 9.53 Å². The monoisotopic (exact) mass is 251 g/mol. The van der Waals surface area contributed by atoms with Gasteiger partial charge in [0.1, 0.15) is 5.75 Å². The highest BCUT2D eigenvalue weighted by atomic mass is 35.5. The second-order valence-corrected chi connectivity index (χ2v) is 4.32. The van der Waals surface area contributed by atoms with Gasteiger partial charge in [0.25, 0.3) is 0 Å². The quantitative estimate of drug-likeness (QED) is 0.821. The lowest BCUT2D eigenvalue weighted by Gasteiger charge is -2.26. The lowest BCUT2D eigenvalue weighted by molar-refractivity contribution is -0.117. The molecule has 1 N–H and O–H groups in total. The van der Waals surface area contributed by atoms with Crippen LogP contribution in [0.1, 0.15) is 24.9 Å². The first kappa shape index (κ1) is 12.0. The maximum absolute atomic E-state index is 11.5. The number of carbonyl (C=O) groups is 1. The van der Waals surface area contributed by atoms with E-state index in [9.17, 15) is 4.79 Å². The van der Waals surface area contributed by atoms with Crippen LogP contribution in [0.3, 0.4) is 0 Å². The van der Waals surface area contributed by atoms with Gasteiger partial charge in [0, 0.05) is 17.0 Å².